The Morgan fingerprint density at radius 1 is 1.42 bits per heavy atom. The second-order valence-electron chi connectivity index (χ2n) is 4.34. The van der Waals surface area contributed by atoms with E-state index in [1.807, 2.05) is 24.3 Å². The molecule has 1 amide bonds. The van der Waals surface area contributed by atoms with E-state index in [9.17, 15) is 9.59 Å². The number of amides is 1. The van der Waals surface area contributed by atoms with Crippen LogP contribution in [-0.4, -0.2) is 35.3 Å². The summed E-state index contributed by atoms with van der Waals surface area (Å²) in [5.41, 5.74) is 2.04. The summed E-state index contributed by atoms with van der Waals surface area (Å²) in [5, 5.41) is 0.224. The zero-order valence-electron chi connectivity index (χ0n) is 10.8. The molecule has 0 fully saturated rings. The smallest absolute Gasteiger partial charge is 0.410 e. The zero-order chi connectivity index (χ0) is 13.8. The van der Waals surface area contributed by atoms with Gasteiger partial charge in [-0.1, -0.05) is 40.2 Å². The van der Waals surface area contributed by atoms with Crippen molar-refractivity contribution in [2.45, 2.75) is 19.4 Å². The van der Waals surface area contributed by atoms with Crippen LogP contribution in [0, 0.1) is 0 Å². The summed E-state index contributed by atoms with van der Waals surface area (Å²) in [6.07, 6.45) is 0.331. The van der Waals surface area contributed by atoms with Crippen molar-refractivity contribution < 1.29 is 14.3 Å². The fraction of sp³-hybridized carbons (Fsp3) is 0.429. The number of alkyl halides is 1. The molecule has 0 N–H and O–H groups in total. The Hall–Kier alpha value is -1.36. The third kappa shape index (κ3) is 2.81. The standard InChI is InChI=1S/C14H16BrNO3/c1-2-19-14(18)16-8-7-10-5-3-4-6-11(10)13(16)12(17)9-15/h3-6,13H,2,7-9H2,1H3. The Morgan fingerprint density at radius 2 is 2.16 bits per heavy atom. The van der Waals surface area contributed by atoms with Gasteiger partial charge in [-0.15, -0.1) is 0 Å². The number of hydrogen-bond acceptors (Lipinski definition) is 3. The van der Waals surface area contributed by atoms with Crippen molar-refractivity contribution in [2.75, 3.05) is 18.5 Å². The molecule has 4 nitrogen and oxygen atoms in total. The number of nitrogens with zero attached hydrogens (tertiary/aromatic N) is 1. The number of halogens is 1. The Labute approximate surface area is 120 Å². The minimum Gasteiger partial charge on any atom is -0.450 e. The number of rotatable bonds is 3. The van der Waals surface area contributed by atoms with Gasteiger partial charge < -0.3 is 4.74 Å². The maximum absolute atomic E-state index is 12.2. The molecule has 1 aliphatic rings. The van der Waals surface area contributed by atoms with Crippen LogP contribution in [0.1, 0.15) is 24.1 Å². The first-order valence-electron chi connectivity index (χ1n) is 6.29. The fourth-order valence-electron chi connectivity index (χ4n) is 2.39. The van der Waals surface area contributed by atoms with Crippen LogP contribution in [-0.2, 0) is 16.0 Å². The molecule has 1 aromatic carbocycles. The highest BCUT2D eigenvalue weighted by Crippen LogP contribution is 2.31. The molecule has 0 saturated heterocycles. The third-order valence-electron chi connectivity index (χ3n) is 3.22. The molecule has 19 heavy (non-hydrogen) atoms. The van der Waals surface area contributed by atoms with Crippen LogP contribution in [0.4, 0.5) is 4.79 Å². The van der Waals surface area contributed by atoms with Crippen molar-refractivity contribution in [3.05, 3.63) is 35.4 Å². The average molecular weight is 326 g/mol. The number of carbonyl (C=O) groups is 2. The number of carbonyl (C=O) groups excluding carboxylic acids is 2. The monoisotopic (exact) mass is 325 g/mol. The van der Waals surface area contributed by atoms with E-state index in [-0.39, 0.29) is 11.1 Å². The van der Waals surface area contributed by atoms with Crippen LogP contribution < -0.4 is 0 Å². The average Bonchev–Trinajstić information content (AvgIpc) is 2.45. The quantitative estimate of drug-likeness (QED) is 0.803. The van der Waals surface area contributed by atoms with Gasteiger partial charge in [0.05, 0.1) is 11.9 Å². The molecule has 0 bridgehead atoms. The van der Waals surface area contributed by atoms with Gasteiger partial charge in [-0.2, -0.15) is 0 Å². The van der Waals surface area contributed by atoms with Gasteiger partial charge in [-0.25, -0.2) is 4.79 Å². The normalized spacial score (nSPS) is 17.8. The minimum absolute atomic E-state index is 0.0276. The zero-order valence-corrected chi connectivity index (χ0v) is 12.4. The Kier molecular flexibility index (Phi) is 4.58. The molecule has 0 saturated carbocycles. The van der Waals surface area contributed by atoms with Crippen molar-refractivity contribution in [3.63, 3.8) is 0 Å². The van der Waals surface area contributed by atoms with Crippen LogP contribution in [0.15, 0.2) is 24.3 Å². The van der Waals surface area contributed by atoms with Crippen molar-refractivity contribution >= 4 is 27.8 Å². The van der Waals surface area contributed by atoms with Gasteiger partial charge >= 0.3 is 6.09 Å². The lowest BCUT2D eigenvalue weighted by molar-refractivity contribution is -0.121. The highest BCUT2D eigenvalue weighted by atomic mass is 79.9. The predicted molar refractivity (Wildman–Crippen MR) is 75.4 cm³/mol. The number of benzene rings is 1. The van der Waals surface area contributed by atoms with Gasteiger partial charge in [-0.3, -0.25) is 9.69 Å². The number of ketones is 1. The molecule has 0 aromatic heterocycles. The predicted octanol–water partition coefficient (Wildman–Crippen LogP) is 2.71. The van der Waals surface area contributed by atoms with Gasteiger partial charge in [0.1, 0.15) is 6.04 Å². The highest BCUT2D eigenvalue weighted by molar-refractivity contribution is 9.09. The van der Waals surface area contributed by atoms with E-state index in [1.54, 1.807) is 6.92 Å². The molecular weight excluding hydrogens is 310 g/mol. The molecule has 0 aliphatic carbocycles. The van der Waals surface area contributed by atoms with Crippen LogP contribution in [0.5, 0.6) is 0 Å². The summed E-state index contributed by atoms with van der Waals surface area (Å²) in [7, 11) is 0. The van der Waals surface area contributed by atoms with Crippen LogP contribution >= 0.6 is 15.9 Å². The summed E-state index contributed by atoms with van der Waals surface area (Å²) in [4.78, 5) is 25.7. The van der Waals surface area contributed by atoms with Crippen LogP contribution in [0.3, 0.4) is 0 Å². The van der Waals surface area contributed by atoms with Crippen molar-refractivity contribution in [2.24, 2.45) is 0 Å². The van der Waals surface area contributed by atoms with Crippen molar-refractivity contribution in [3.8, 4) is 0 Å². The van der Waals surface area contributed by atoms with E-state index in [1.165, 1.54) is 4.90 Å². The highest BCUT2D eigenvalue weighted by Gasteiger charge is 2.35. The summed E-state index contributed by atoms with van der Waals surface area (Å²) < 4.78 is 5.04. The molecule has 1 unspecified atom stereocenters. The van der Waals surface area contributed by atoms with E-state index in [4.69, 9.17) is 4.74 Å². The SMILES string of the molecule is CCOC(=O)N1CCc2ccccc2C1C(=O)CBr. The van der Waals surface area contributed by atoms with E-state index in [0.29, 0.717) is 13.2 Å². The largest absolute Gasteiger partial charge is 0.450 e. The third-order valence-corrected chi connectivity index (χ3v) is 3.78. The number of Topliss-reactive ketones (excluding diaryl/α,β-unsaturated/α-hetero) is 1. The molecule has 102 valence electrons. The maximum Gasteiger partial charge on any atom is 0.410 e. The second-order valence-corrected chi connectivity index (χ2v) is 4.90. The molecule has 1 atom stereocenters. The van der Waals surface area contributed by atoms with E-state index in [0.717, 1.165) is 17.5 Å². The maximum atomic E-state index is 12.2. The molecule has 0 radical (unpaired) electrons. The van der Waals surface area contributed by atoms with Gasteiger partial charge in [0.25, 0.3) is 0 Å². The molecule has 1 aromatic rings. The van der Waals surface area contributed by atoms with E-state index < -0.39 is 12.1 Å². The van der Waals surface area contributed by atoms with Gasteiger partial charge in [0, 0.05) is 6.54 Å². The molecule has 5 heteroatoms. The van der Waals surface area contributed by atoms with Crippen LogP contribution in [0.25, 0.3) is 0 Å². The molecule has 1 heterocycles. The van der Waals surface area contributed by atoms with Crippen molar-refractivity contribution in [1.29, 1.82) is 0 Å². The fourth-order valence-corrected chi connectivity index (χ4v) is 2.70. The van der Waals surface area contributed by atoms with Gasteiger partial charge in [0.15, 0.2) is 5.78 Å². The second kappa shape index (κ2) is 6.19. The summed E-state index contributed by atoms with van der Waals surface area (Å²) >= 11 is 3.19. The summed E-state index contributed by atoms with van der Waals surface area (Å²) in [6.45, 7) is 2.59. The molecular formula is C14H16BrNO3. The van der Waals surface area contributed by atoms with E-state index >= 15 is 0 Å². The Bertz CT molecular complexity index is 489. The summed E-state index contributed by atoms with van der Waals surface area (Å²) in [5.74, 6) is -0.0276. The Morgan fingerprint density at radius 3 is 2.84 bits per heavy atom. The molecule has 2 rings (SSSR count). The topological polar surface area (TPSA) is 46.6 Å². The Balaban J connectivity index is 2.37. The minimum atomic E-state index is -0.539. The molecule has 1 aliphatic heterocycles. The van der Waals surface area contributed by atoms with Gasteiger partial charge in [0.2, 0.25) is 0 Å². The number of fused-ring (bicyclic) bond motifs is 1. The lowest BCUT2D eigenvalue weighted by Gasteiger charge is -2.35. The lowest BCUT2D eigenvalue weighted by atomic mass is 9.91. The van der Waals surface area contributed by atoms with Crippen molar-refractivity contribution in [1.82, 2.24) is 4.90 Å². The number of ether oxygens (including phenoxy) is 1. The first-order valence-corrected chi connectivity index (χ1v) is 7.41. The van der Waals surface area contributed by atoms with E-state index in [2.05, 4.69) is 15.9 Å². The lowest BCUT2D eigenvalue weighted by Crippen LogP contribution is -2.44. The number of hydrogen-bond donors (Lipinski definition) is 0. The molecule has 0 spiro atoms. The summed E-state index contributed by atoms with van der Waals surface area (Å²) in [6, 6.07) is 7.22. The van der Waals surface area contributed by atoms with Crippen LogP contribution in [0.2, 0.25) is 0 Å². The first kappa shape index (κ1) is 14.1. The van der Waals surface area contributed by atoms with Gasteiger partial charge in [-0.05, 0) is 24.5 Å². The first-order chi connectivity index (χ1) is 9.19.